The Kier molecular flexibility index (Phi) is 4.42. The predicted octanol–water partition coefficient (Wildman–Crippen LogP) is 3.96. The van der Waals surface area contributed by atoms with Gasteiger partial charge in [-0.05, 0) is 47.7 Å². The highest BCUT2D eigenvalue weighted by Gasteiger charge is 2.35. The Hall–Kier alpha value is -3.35. The summed E-state index contributed by atoms with van der Waals surface area (Å²) in [6.07, 6.45) is 2.11. The van der Waals surface area contributed by atoms with E-state index in [4.69, 9.17) is 14.0 Å². The number of piperidine rings is 1. The average Bonchev–Trinajstić information content (AvgIpc) is 3.44. The summed E-state index contributed by atoms with van der Waals surface area (Å²) in [6, 6.07) is 14.1. The molecule has 0 radical (unpaired) electrons. The summed E-state index contributed by atoms with van der Waals surface area (Å²) < 4.78 is 29.7. The smallest absolute Gasteiger partial charge is 0.276 e. The zero-order chi connectivity index (χ0) is 19.8. The fourth-order valence-corrected chi connectivity index (χ4v) is 4.24. The van der Waals surface area contributed by atoms with E-state index in [1.807, 2.05) is 24.3 Å². The van der Waals surface area contributed by atoms with E-state index in [9.17, 15) is 9.18 Å². The maximum Gasteiger partial charge on any atom is 0.276 e. The summed E-state index contributed by atoms with van der Waals surface area (Å²) in [7, 11) is 0. The van der Waals surface area contributed by atoms with E-state index in [1.165, 1.54) is 12.3 Å². The van der Waals surface area contributed by atoms with Crippen LogP contribution in [0.5, 0.6) is 11.5 Å². The Labute approximate surface area is 166 Å². The largest absolute Gasteiger partial charge is 0.454 e. The van der Waals surface area contributed by atoms with Gasteiger partial charge >= 0.3 is 0 Å². The van der Waals surface area contributed by atoms with Crippen LogP contribution in [0.1, 0.15) is 39.9 Å². The van der Waals surface area contributed by atoms with Gasteiger partial charge in [-0.25, -0.2) is 4.39 Å². The Morgan fingerprint density at radius 2 is 1.90 bits per heavy atom. The monoisotopic (exact) mass is 394 g/mol. The van der Waals surface area contributed by atoms with Crippen LogP contribution in [0.2, 0.25) is 0 Å². The van der Waals surface area contributed by atoms with E-state index < -0.39 is 0 Å². The van der Waals surface area contributed by atoms with Crippen LogP contribution in [0.15, 0.2) is 59.3 Å². The summed E-state index contributed by atoms with van der Waals surface area (Å²) in [5.74, 6) is 1.04. The first-order valence-electron chi connectivity index (χ1n) is 9.54. The lowest BCUT2D eigenvalue weighted by molar-refractivity contribution is 0.0681. The third kappa shape index (κ3) is 3.33. The zero-order valence-corrected chi connectivity index (χ0v) is 15.6. The number of fused-ring (bicyclic) bond motifs is 1. The van der Waals surface area contributed by atoms with Crippen LogP contribution >= 0.6 is 0 Å². The first-order valence-corrected chi connectivity index (χ1v) is 9.54. The number of aromatic nitrogens is 1. The third-order valence-corrected chi connectivity index (χ3v) is 5.66. The van der Waals surface area contributed by atoms with Crippen molar-refractivity contribution in [3.63, 3.8) is 0 Å². The lowest BCUT2D eigenvalue weighted by Gasteiger charge is -2.39. The standard InChI is InChI=1S/C22H19FN2O4/c23-16-3-1-2-14(10-16)17-6-8-25(22(26)19-7-9-29-24-19)12-18(17)15-4-5-20-21(11-15)28-13-27-20/h1-5,7,9-11,17-18H,6,8,12-13H2. The highest BCUT2D eigenvalue weighted by molar-refractivity contribution is 5.92. The zero-order valence-electron chi connectivity index (χ0n) is 15.6. The van der Waals surface area contributed by atoms with Crippen molar-refractivity contribution in [1.29, 1.82) is 0 Å². The predicted molar refractivity (Wildman–Crippen MR) is 101 cm³/mol. The van der Waals surface area contributed by atoms with Crippen molar-refractivity contribution in [2.24, 2.45) is 0 Å². The molecular formula is C22H19FN2O4. The van der Waals surface area contributed by atoms with Crippen molar-refractivity contribution in [2.75, 3.05) is 19.9 Å². The number of carbonyl (C=O) groups excluding carboxylic acids is 1. The van der Waals surface area contributed by atoms with Gasteiger partial charge in [0.2, 0.25) is 6.79 Å². The van der Waals surface area contributed by atoms with Crippen molar-refractivity contribution >= 4 is 5.91 Å². The van der Waals surface area contributed by atoms with Gasteiger partial charge in [0.05, 0.1) is 0 Å². The number of halogens is 1. The minimum absolute atomic E-state index is 0.0177. The second kappa shape index (κ2) is 7.24. The van der Waals surface area contributed by atoms with E-state index in [-0.39, 0.29) is 30.4 Å². The van der Waals surface area contributed by atoms with Crippen molar-refractivity contribution in [3.8, 4) is 11.5 Å². The van der Waals surface area contributed by atoms with Crippen molar-refractivity contribution < 1.29 is 23.2 Å². The molecule has 1 aromatic heterocycles. The molecule has 2 aliphatic heterocycles. The molecule has 5 rings (SSSR count). The maximum atomic E-state index is 13.9. The molecule has 3 heterocycles. The summed E-state index contributed by atoms with van der Waals surface area (Å²) in [5.41, 5.74) is 2.25. The van der Waals surface area contributed by atoms with Gasteiger partial charge in [0.1, 0.15) is 12.1 Å². The molecule has 148 valence electrons. The molecule has 2 atom stereocenters. The summed E-state index contributed by atoms with van der Waals surface area (Å²) in [5, 5.41) is 3.77. The van der Waals surface area contributed by atoms with Crippen molar-refractivity contribution in [2.45, 2.75) is 18.3 Å². The van der Waals surface area contributed by atoms with Crippen LogP contribution in [-0.4, -0.2) is 35.8 Å². The molecule has 0 aliphatic carbocycles. The number of ether oxygens (including phenoxy) is 2. The van der Waals surface area contributed by atoms with Gasteiger partial charge in [0, 0.05) is 25.1 Å². The van der Waals surface area contributed by atoms with Crippen LogP contribution in [0.4, 0.5) is 4.39 Å². The molecule has 29 heavy (non-hydrogen) atoms. The molecule has 2 unspecified atom stereocenters. The Morgan fingerprint density at radius 1 is 1.03 bits per heavy atom. The third-order valence-electron chi connectivity index (χ3n) is 5.66. The molecule has 7 heteroatoms. The van der Waals surface area contributed by atoms with Crippen LogP contribution in [0.3, 0.4) is 0 Å². The second-order valence-electron chi connectivity index (χ2n) is 7.31. The first-order chi connectivity index (χ1) is 14.2. The fraction of sp³-hybridized carbons (Fsp3) is 0.273. The van der Waals surface area contributed by atoms with Crippen LogP contribution in [0.25, 0.3) is 0 Å². The van der Waals surface area contributed by atoms with E-state index in [1.54, 1.807) is 23.1 Å². The average molecular weight is 394 g/mol. The Morgan fingerprint density at radius 3 is 2.72 bits per heavy atom. The van der Waals surface area contributed by atoms with E-state index in [0.717, 1.165) is 11.1 Å². The van der Waals surface area contributed by atoms with Crippen molar-refractivity contribution in [3.05, 3.63) is 77.4 Å². The number of amides is 1. The molecule has 0 N–H and O–H groups in total. The van der Waals surface area contributed by atoms with Crippen LogP contribution in [-0.2, 0) is 0 Å². The molecule has 0 saturated carbocycles. The molecule has 2 aliphatic rings. The van der Waals surface area contributed by atoms with Gasteiger partial charge in [-0.3, -0.25) is 4.79 Å². The summed E-state index contributed by atoms with van der Waals surface area (Å²) in [6.45, 7) is 1.26. The molecule has 1 saturated heterocycles. The molecule has 0 spiro atoms. The Bertz CT molecular complexity index is 1040. The van der Waals surface area contributed by atoms with Gasteiger partial charge in [0.25, 0.3) is 5.91 Å². The SMILES string of the molecule is O=C(c1ccon1)N1CCC(c2cccc(F)c2)C(c2ccc3c(c2)OCO3)C1. The highest BCUT2D eigenvalue weighted by atomic mass is 19.1. The molecule has 1 amide bonds. The second-order valence-corrected chi connectivity index (χ2v) is 7.31. The molecule has 1 fully saturated rings. The molecule has 0 bridgehead atoms. The number of hydrogen-bond donors (Lipinski definition) is 0. The molecular weight excluding hydrogens is 375 g/mol. The number of rotatable bonds is 3. The number of carbonyl (C=O) groups is 1. The van der Waals surface area contributed by atoms with Crippen LogP contribution < -0.4 is 9.47 Å². The molecule has 2 aromatic carbocycles. The van der Waals surface area contributed by atoms with Gasteiger partial charge in [-0.1, -0.05) is 23.4 Å². The highest BCUT2D eigenvalue weighted by Crippen LogP contribution is 2.43. The van der Waals surface area contributed by atoms with Crippen LogP contribution in [0, 0.1) is 5.82 Å². The molecule has 3 aromatic rings. The first kappa shape index (κ1) is 17.7. The quantitative estimate of drug-likeness (QED) is 0.673. The summed E-state index contributed by atoms with van der Waals surface area (Å²) >= 11 is 0. The maximum absolute atomic E-state index is 13.9. The lowest BCUT2D eigenvalue weighted by atomic mass is 9.76. The fourth-order valence-electron chi connectivity index (χ4n) is 4.24. The minimum atomic E-state index is -0.256. The lowest BCUT2D eigenvalue weighted by Crippen LogP contribution is -2.42. The number of benzene rings is 2. The van der Waals surface area contributed by atoms with E-state index >= 15 is 0 Å². The van der Waals surface area contributed by atoms with Gasteiger partial charge < -0.3 is 18.9 Å². The minimum Gasteiger partial charge on any atom is -0.454 e. The van der Waals surface area contributed by atoms with E-state index in [2.05, 4.69) is 5.16 Å². The Balaban J connectivity index is 1.49. The van der Waals surface area contributed by atoms with Crippen molar-refractivity contribution in [1.82, 2.24) is 10.1 Å². The number of likely N-dealkylation sites (tertiary alicyclic amines) is 1. The number of nitrogens with zero attached hydrogens (tertiary/aromatic N) is 2. The van der Waals surface area contributed by atoms with E-state index in [0.29, 0.717) is 36.7 Å². The van der Waals surface area contributed by atoms with Gasteiger partial charge in [-0.15, -0.1) is 0 Å². The van der Waals surface area contributed by atoms with Gasteiger partial charge in [0.15, 0.2) is 17.2 Å². The topological polar surface area (TPSA) is 64.8 Å². The normalized spacial score (nSPS) is 20.7. The molecule has 6 nitrogen and oxygen atoms in total. The summed E-state index contributed by atoms with van der Waals surface area (Å²) in [4.78, 5) is 14.6. The van der Waals surface area contributed by atoms with Gasteiger partial charge in [-0.2, -0.15) is 0 Å². The number of hydrogen-bond acceptors (Lipinski definition) is 5.